The Morgan fingerprint density at radius 1 is 0.897 bits per heavy atom. The van der Waals surface area contributed by atoms with E-state index in [1.54, 1.807) is 6.26 Å². The van der Waals surface area contributed by atoms with E-state index >= 15 is 0 Å². The third-order valence-corrected chi connectivity index (χ3v) is 4.26. The van der Waals surface area contributed by atoms with Crippen LogP contribution in [0.4, 0.5) is 0 Å². The fraction of sp³-hybridized carbons (Fsp3) is 0.667. The number of thioether (sulfide) groups is 1. The van der Waals surface area contributed by atoms with Crippen LogP contribution in [0.25, 0.3) is 0 Å². The summed E-state index contributed by atoms with van der Waals surface area (Å²) < 4.78 is 0. The Bertz CT molecular complexity index is 605. The van der Waals surface area contributed by atoms with Gasteiger partial charge in [0.1, 0.15) is 18.1 Å². The maximum absolute atomic E-state index is 12.2. The molecule has 4 amide bonds. The van der Waals surface area contributed by atoms with Crippen molar-refractivity contribution in [2.24, 2.45) is 11.5 Å². The topological polar surface area (TPSA) is 234 Å². The molecule has 0 fully saturated rings. The van der Waals surface area contributed by atoms with Gasteiger partial charge in [0, 0.05) is 0 Å². The van der Waals surface area contributed by atoms with Crippen LogP contribution in [0.5, 0.6) is 0 Å². The van der Waals surface area contributed by atoms with E-state index < -0.39 is 73.4 Å². The lowest BCUT2D eigenvalue weighted by atomic mass is 10.1. The summed E-state index contributed by atoms with van der Waals surface area (Å²) in [7, 11) is 0. The normalized spacial score (nSPS) is 14.8. The highest BCUT2D eigenvalue weighted by Crippen LogP contribution is 2.02. The van der Waals surface area contributed by atoms with Crippen LogP contribution < -0.4 is 27.4 Å². The van der Waals surface area contributed by atoms with Crippen molar-refractivity contribution in [2.45, 2.75) is 37.0 Å². The largest absolute Gasteiger partial charge is 0.480 e. The summed E-state index contributed by atoms with van der Waals surface area (Å²) in [6, 6.07) is -5.63. The Hall–Kier alpha value is -2.42. The number of nitrogens with one attached hydrogen (secondary N) is 3. The monoisotopic (exact) mass is 437 g/mol. The molecule has 14 heteroatoms. The first kappa shape index (κ1) is 26.6. The molecule has 4 unspecified atom stereocenters. The molecule has 0 radical (unpaired) electrons. The van der Waals surface area contributed by atoms with Crippen molar-refractivity contribution in [1.82, 2.24) is 16.0 Å². The number of rotatable bonds is 14. The lowest BCUT2D eigenvalue weighted by Crippen LogP contribution is -2.59. The fourth-order valence-corrected chi connectivity index (χ4v) is 2.49. The predicted molar refractivity (Wildman–Crippen MR) is 102 cm³/mol. The number of aliphatic hydroxyl groups excluding tert-OH is 2. The van der Waals surface area contributed by atoms with Crippen molar-refractivity contribution < 1.29 is 39.3 Å². The average Bonchev–Trinajstić information content (AvgIpc) is 2.65. The first-order chi connectivity index (χ1) is 13.6. The number of amides is 4. The van der Waals surface area contributed by atoms with Crippen LogP contribution in [0, 0.1) is 0 Å². The summed E-state index contributed by atoms with van der Waals surface area (Å²) in [5, 5.41) is 34.1. The molecule has 0 saturated carbocycles. The number of carbonyl (C=O) groups is 5. The zero-order valence-electron chi connectivity index (χ0n) is 15.8. The second-order valence-corrected chi connectivity index (χ2v) is 6.93. The Labute approximate surface area is 170 Å². The van der Waals surface area contributed by atoms with Crippen molar-refractivity contribution in [3.8, 4) is 0 Å². The van der Waals surface area contributed by atoms with Crippen molar-refractivity contribution in [3.05, 3.63) is 0 Å². The molecule has 166 valence electrons. The predicted octanol–water partition coefficient (Wildman–Crippen LogP) is -4.53. The maximum atomic E-state index is 12.2. The minimum atomic E-state index is -1.53. The van der Waals surface area contributed by atoms with Crippen LogP contribution >= 0.6 is 11.8 Å². The molecular formula is C15H27N5O8S. The SMILES string of the molecule is CSCCC(NC(=O)C(CO)NC(=O)C(CO)NC(=O)C(N)CC(N)=O)C(=O)O. The molecule has 0 saturated heterocycles. The summed E-state index contributed by atoms with van der Waals surface area (Å²) in [5.41, 5.74) is 10.4. The second-order valence-electron chi connectivity index (χ2n) is 5.95. The van der Waals surface area contributed by atoms with Crippen molar-refractivity contribution in [3.63, 3.8) is 0 Å². The van der Waals surface area contributed by atoms with E-state index in [-0.39, 0.29) is 6.42 Å². The van der Waals surface area contributed by atoms with E-state index in [2.05, 4.69) is 16.0 Å². The summed E-state index contributed by atoms with van der Waals surface area (Å²) in [6.45, 7) is -1.73. The smallest absolute Gasteiger partial charge is 0.326 e. The minimum absolute atomic E-state index is 0.126. The molecule has 0 spiro atoms. The summed E-state index contributed by atoms with van der Waals surface area (Å²) >= 11 is 1.38. The molecule has 0 aliphatic heterocycles. The highest BCUT2D eigenvalue weighted by atomic mass is 32.2. The fourth-order valence-electron chi connectivity index (χ4n) is 2.01. The Kier molecular flexibility index (Phi) is 12.6. The van der Waals surface area contributed by atoms with E-state index in [0.717, 1.165) is 0 Å². The van der Waals surface area contributed by atoms with Gasteiger partial charge in [-0.3, -0.25) is 19.2 Å². The minimum Gasteiger partial charge on any atom is -0.480 e. The van der Waals surface area contributed by atoms with Gasteiger partial charge in [-0.1, -0.05) is 0 Å². The lowest BCUT2D eigenvalue weighted by molar-refractivity contribution is -0.142. The molecule has 0 bridgehead atoms. The van der Waals surface area contributed by atoms with Crippen LogP contribution in [0.1, 0.15) is 12.8 Å². The Balaban J connectivity index is 4.95. The number of hydrogen-bond acceptors (Lipinski definition) is 9. The third-order valence-electron chi connectivity index (χ3n) is 3.61. The zero-order chi connectivity index (χ0) is 22.6. The quantitative estimate of drug-likeness (QED) is 0.130. The van der Waals surface area contributed by atoms with Crippen molar-refractivity contribution in [1.29, 1.82) is 0 Å². The molecule has 0 aromatic rings. The third kappa shape index (κ3) is 10.1. The molecule has 0 aliphatic carbocycles. The first-order valence-corrected chi connectivity index (χ1v) is 9.85. The van der Waals surface area contributed by atoms with E-state index in [0.29, 0.717) is 5.75 Å². The molecule has 0 rings (SSSR count). The highest BCUT2D eigenvalue weighted by molar-refractivity contribution is 7.98. The zero-order valence-corrected chi connectivity index (χ0v) is 16.6. The number of carbonyl (C=O) groups excluding carboxylic acids is 4. The van der Waals surface area contributed by atoms with Crippen LogP contribution in [0.15, 0.2) is 0 Å². The number of carboxylic acids is 1. The van der Waals surface area contributed by atoms with Crippen LogP contribution in [0.2, 0.25) is 0 Å². The van der Waals surface area contributed by atoms with E-state index in [1.165, 1.54) is 11.8 Å². The van der Waals surface area contributed by atoms with Gasteiger partial charge in [0.2, 0.25) is 23.6 Å². The average molecular weight is 437 g/mol. The van der Waals surface area contributed by atoms with Crippen LogP contribution in [-0.4, -0.2) is 94.3 Å². The molecule has 13 nitrogen and oxygen atoms in total. The maximum Gasteiger partial charge on any atom is 0.326 e. The summed E-state index contributed by atoms with van der Waals surface area (Å²) in [5.74, 6) is -4.59. The van der Waals surface area contributed by atoms with Gasteiger partial charge in [0.05, 0.1) is 25.7 Å². The molecule has 10 N–H and O–H groups in total. The van der Waals surface area contributed by atoms with E-state index in [4.69, 9.17) is 16.6 Å². The molecule has 0 aromatic carbocycles. The summed E-state index contributed by atoms with van der Waals surface area (Å²) in [6.07, 6.45) is 1.40. The molecule has 0 heterocycles. The van der Waals surface area contributed by atoms with Crippen LogP contribution in [0.3, 0.4) is 0 Å². The van der Waals surface area contributed by atoms with Gasteiger partial charge < -0.3 is 42.7 Å². The Morgan fingerprint density at radius 3 is 1.72 bits per heavy atom. The van der Waals surface area contributed by atoms with E-state index in [9.17, 15) is 34.2 Å². The van der Waals surface area contributed by atoms with Crippen LogP contribution in [-0.2, 0) is 24.0 Å². The number of carboxylic acid groups (broad SMARTS) is 1. The number of aliphatic carboxylic acids is 1. The van der Waals surface area contributed by atoms with Gasteiger partial charge in [-0.25, -0.2) is 4.79 Å². The van der Waals surface area contributed by atoms with Gasteiger partial charge in [-0.2, -0.15) is 11.8 Å². The van der Waals surface area contributed by atoms with Crippen molar-refractivity contribution in [2.75, 3.05) is 25.2 Å². The molecule has 0 aliphatic rings. The molecule has 29 heavy (non-hydrogen) atoms. The lowest BCUT2D eigenvalue weighted by Gasteiger charge is -2.23. The van der Waals surface area contributed by atoms with Gasteiger partial charge in [0.25, 0.3) is 0 Å². The number of hydrogen-bond donors (Lipinski definition) is 8. The van der Waals surface area contributed by atoms with Crippen molar-refractivity contribution >= 4 is 41.4 Å². The molecule has 0 aromatic heterocycles. The van der Waals surface area contributed by atoms with E-state index in [1.807, 2.05) is 0 Å². The van der Waals surface area contributed by atoms with Gasteiger partial charge in [-0.15, -0.1) is 0 Å². The molecule has 4 atom stereocenters. The number of nitrogens with two attached hydrogens (primary N) is 2. The van der Waals surface area contributed by atoms with Gasteiger partial charge >= 0.3 is 5.97 Å². The second kappa shape index (κ2) is 13.7. The molecular weight excluding hydrogens is 410 g/mol. The number of primary amides is 1. The van der Waals surface area contributed by atoms with Gasteiger partial charge in [-0.05, 0) is 18.4 Å². The standard InChI is InChI=1S/C15H27N5O8S/c1-29-3-2-8(15(27)28)18-13(25)10(6-22)20-14(26)9(5-21)19-12(24)7(16)4-11(17)23/h7-10,21-22H,2-6,16H2,1H3,(H2,17,23)(H,18,25)(H,19,24)(H,20,26)(H,27,28). The first-order valence-electron chi connectivity index (χ1n) is 8.45. The summed E-state index contributed by atoms with van der Waals surface area (Å²) in [4.78, 5) is 58.2. The number of aliphatic hydroxyl groups is 2. The highest BCUT2D eigenvalue weighted by Gasteiger charge is 2.29. The van der Waals surface area contributed by atoms with Gasteiger partial charge in [0.15, 0.2) is 0 Å². The Morgan fingerprint density at radius 2 is 1.34 bits per heavy atom.